The van der Waals surface area contributed by atoms with Gasteiger partial charge in [-0.3, -0.25) is 14.4 Å². The first-order valence-corrected chi connectivity index (χ1v) is 5.52. The van der Waals surface area contributed by atoms with Crippen LogP contribution in [0.4, 0.5) is 0 Å². The summed E-state index contributed by atoms with van der Waals surface area (Å²) in [5, 5.41) is 0. The molecule has 3 nitrogen and oxygen atoms in total. The highest BCUT2D eigenvalue weighted by Gasteiger charge is 2.31. The van der Waals surface area contributed by atoms with E-state index < -0.39 is 11.6 Å². The topological polar surface area (TPSA) is 51.2 Å². The second-order valence-electron chi connectivity index (χ2n) is 4.08. The van der Waals surface area contributed by atoms with Crippen LogP contribution in [0.2, 0.25) is 0 Å². The van der Waals surface area contributed by atoms with Crippen LogP contribution in [-0.4, -0.2) is 17.3 Å². The summed E-state index contributed by atoms with van der Waals surface area (Å²) < 4.78 is 0. The fourth-order valence-electron chi connectivity index (χ4n) is 2.15. The highest BCUT2D eigenvalue weighted by molar-refractivity contribution is 6.53. The molecule has 0 unspecified atom stereocenters. The highest BCUT2D eigenvalue weighted by atomic mass is 16.2. The predicted molar refractivity (Wildman–Crippen MR) is 65.0 cm³/mol. The zero-order chi connectivity index (χ0) is 12.7. The van der Waals surface area contributed by atoms with Gasteiger partial charge in [-0.05, 0) is 0 Å². The minimum atomic E-state index is -0.621. The average molecular weight is 236 g/mol. The molecule has 1 aliphatic carbocycles. The quantitative estimate of drug-likeness (QED) is 0.659. The van der Waals surface area contributed by atoms with Gasteiger partial charge in [-0.2, -0.15) is 0 Å². The van der Waals surface area contributed by atoms with Crippen LogP contribution in [0.5, 0.6) is 0 Å². The van der Waals surface area contributed by atoms with Crippen LogP contribution in [-0.2, 0) is 0 Å². The Balaban J connectivity index is 2.38. The number of Topliss-reactive ketones (excluding diaryl/α,β-unsaturated/α-hetero) is 2. The van der Waals surface area contributed by atoms with Gasteiger partial charge >= 0.3 is 0 Å². The Labute approximate surface area is 103 Å². The molecule has 86 valence electrons. The molecule has 0 fully saturated rings. The Morgan fingerprint density at radius 2 is 0.722 bits per heavy atom. The second kappa shape index (κ2) is 3.74. The lowest BCUT2D eigenvalue weighted by molar-refractivity contribution is 0.0817. The van der Waals surface area contributed by atoms with Crippen molar-refractivity contribution >= 4 is 17.3 Å². The van der Waals surface area contributed by atoms with Crippen LogP contribution in [0, 0.1) is 0 Å². The number of rotatable bonds is 0. The lowest BCUT2D eigenvalue weighted by Gasteiger charge is -2.02. The molecule has 18 heavy (non-hydrogen) atoms. The molecule has 0 radical (unpaired) electrons. The van der Waals surface area contributed by atoms with Gasteiger partial charge in [0.2, 0.25) is 11.6 Å². The third kappa shape index (κ3) is 1.34. The van der Waals surface area contributed by atoms with E-state index >= 15 is 0 Å². The van der Waals surface area contributed by atoms with Gasteiger partial charge in [-0.15, -0.1) is 0 Å². The largest absolute Gasteiger partial charge is 0.289 e. The highest BCUT2D eigenvalue weighted by Crippen LogP contribution is 2.24. The first-order chi connectivity index (χ1) is 8.70. The summed E-state index contributed by atoms with van der Waals surface area (Å²) in [6, 6.07) is 12.8. The van der Waals surface area contributed by atoms with E-state index in [9.17, 15) is 14.4 Å². The summed E-state index contributed by atoms with van der Waals surface area (Å²) in [5.74, 6) is -1.52. The maximum absolute atomic E-state index is 12.3. The molecule has 0 aliphatic heterocycles. The Kier molecular flexibility index (Phi) is 2.20. The van der Waals surface area contributed by atoms with Gasteiger partial charge < -0.3 is 0 Å². The van der Waals surface area contributed by atoms with Crippen LogP contribution in [0.3, 0.4) is 0 Å². The van der Waals surface area contributed by atoms with E-state index in [2.05, 4.69) is 0 Å². The Hall–Kier alpha value is -2.55. The Bertz CT molecular complexity index is 639. The fraction of sp³-hybridized carbons (Fsp3) is 0. The molecule has 0 spiro atoms. The van der Waals surface area contributed by atoms with E-state index in [1.54, 1.807) is 36.4 Å². The van der Waals surface area contributed by atoms with Gasteiger partial charge in [0.25, 0.3) is 0 Å². The van der Waals surface area contributed by atoms with E-state index in [-0.39, 0.29) is 16.9 Å². The van der Waals surface area contributed by atoms with Crippen molar-refractivity contribution in [3.63, 3.8) is 0 Å². The van der Waals surface area contributed by atoms with E-state index in [0.29, 0.717) is 11.1 Å². The van der Waals surface area contributed by atoms with Crippen molar-refractivity contribution in [3.05, 3.63) is 70.8 Å². The minimum Gasteiger partial charge on any atom is -0.289 e. The molecule has 0 amide bonds. The summed E-state index contributed by atoms with van der Waals surface area (Å²) in [5.41, 5.74) is 0.953. The van der Waals surface area contributed by atoms with Crippen molar-refractivity contribution < 1.29 is 14.4 Å². The fourth-order valence-corrected chi connectivity index (χ4v) is 2.15. The van der Waals surface area contributed by atoms with Crippen molar-refractivity contribution in [2.24, 2.45) is 0 Å². The summed E-state index contributed by atoms with van der Waals surface area (Å²) in [6.45, 7) is 0. The van der Waals surface area contributed by atoms with Gasteiger partial charge in [0.15, 0.2) is 5.78 Å². The van der Waals surface area contributed by atoms with Crippen LogP contribution in [0.15, 0.2) is 48.5 Å². The zero-order valence-corrected chi connectivity index (χ0v) is 9.34. The number of carbonyl (C=O) groups excluding carboxylic acids is 3. The van der Waals surface area contributed by atoms with Crippen molar-refractivity contribution in [1.29, 1.82) is 0 Å². The molecule has 2 aromatic carbocycles. The molecule has 0 atom stereocenters. The van der Waals surface area contributed by atoms with E-state index in [0.717, 1.165) is 0 Å². The van der Waals surface area contributed by atoms with Crippen LogP contribution < -0.4 is 0 Å². The molecule has 0 heterocycles. The van der Waals surface area contributed by atoms with Crippen LogP contribution in [0.1, 0.15) is 36.6 Å². The normalized spacial score (nSPS) is 13.9. The summed E-state index contributed by atoms with van der Waals surface area (Å²) in [7, 11) is 0. The standard InChI is InChI=1S/C15H8O3/c16-13-9-5-1-3-7-11(9)14(17)15(18)12-8-4-2-6-10(12)13/h1-8H. The molecule has 0 aromatic heterocycles. The van der Waals surface area contributed by atoms with Crippen molar-refractivity contribution in [2.45, 2.75) is 0 Å². The van der Waals surface area contributed by atoms with E-state index in [1.165, 1.54) is 12.1 Å². The first-order valence-electron chi connectivity index (χ1n) is 5.52. The molecule has 0 saturated heterocycles. The van der Waals surface area contributed by atoms with Gasteiger partial charge in [0, 0.05) is 22.3 Å². The number of hydrogen-bond donors (Lipinski definition) is 0. The third-order valence-corrected chi connectivity index (χ3v) is 3.04. The van der Waals surface area contributed by atoms with Gasteiger partial charge in [-0.25, -0.2) is 0 Å². The maximum atomic E-state index is 12.3. The number of carbonyl (C=O) groups is 3. The lowest BCUT2D eigenvalue weighted by Crippen LogP contribution is -2.14. The van der Waals surface area contributed by atoms with Gasteiger partial charge in [0.1, 0.15) is 0 Å². The molecular weight excluding hydrogens is 228 g/mol. The van der Waals surface area contributed by atoms with E-state index in [1.807, 2.05) is 0 Å². The Morgan fingerprint density at radius 1 is 0.444 bits per heavy atom. The monoisotopic (exact) mass is 236 g/mol. The smallest absolute Gasteiger partial charge is 0.234 e. The predicted octanol–water partition coefficient (Wildman–Crippen LogP) is 2.30. The molecule has 3 heteroatoms. The van der Waals surface area contributed by atoms with Gasteiger partial charge in [0.05, 0.1) is 0 Å². The number of ketones is 3. The van der Waals surface area contributed by atoms with E-state index in [4.69, 9.17) is 0 Å². The van der Waals surface area contributed by atoms with Crippen LogP contribution in [0.25, 0.3) is 0 Å². The third-order valence-electron chi connectivity index (χ3n) is 3.04. The zero-order valence-electron chi connectivity index (χ0n) is 9.34. The summed E-state index contributed by atoms with van der Waals surface area (Å²) >= 11 is 0. The van der Waals surface area contributed by atoms with Crippen molar-refractivity contribution in [1.82, 2.24) is 0 Å². The maximum Gasteiger partial charge on any atom is 0.234 e. The first kappa shape index (κ1) is 10.6. The molecular formula is C15H8O3. The number of benzene rings is 2. The van der Waals surface area contributed by atoms with Crippen molar-refractivity contribution in [3.8, 4) is 0 Å². The molecule has 0 bridgehead atoms. The molecule has 2 aromatic rings. The van der Waals surface area contributed by atoms with Crippen molar-refractivity contribution in [2.75, 3.05) is 0 Å². The minimum absolute atomic E-state index is 0.184. The second-order valence-corrected chi connectivity index (χ2v) is 4.08. The number of hydrogen-bond acceptors (Lipinski definition) is 3. The molecule has 3 rings (SSSR count). The number of fused-ring (bicyclic) bond motifs is 2. The molecule has 0 saturated carbocycles. The average Bonchev–Trinajstić information content (AvgIpc) is 2.51. The Morgan fingerprint density at radius 3 is 1.06 bits per heavy atom. The molecule has 1 aliphatic rings. The lowest BCUT2D eigenvalue weighted by atomic mass is 9.99. The summed E-state index contributed by atoms with van der Waals surface area (Å²) in [4.78, 5) is 36.4. The SMILES string of the molecule is O=C1C(=O)c2ccccc2C(=O)c2ccccc21. The van der Waals surface area contributed by atoms with Gasteiger partial charge in [-0.1, -0.05) is 48.5 Å². The summed E-state index contributed by atoms with van der Waals surface area (Å²) in [6.07, 6.45) is 0. The van der Waals surface area contributed by atoms with Crippen LogP contribution >= 0.6 is 0 Å². The molecule has 0 N–H and O–H groups in total.